The van der Waals surface area contributed by atoms with E-state index in [4.69, 9.17) is 4.42 Å². The van der Waals surface area contributed by atoms with Gasteiger partial charge in [0.25, 0.3) is 0 Å². The summed E-state index contributed by atoms with van der Waals surface area (Å²) < 4.78 is 5.51. The molecule has 2 unspecified atom stereocenters. The molecule has 0 aliphatic carbocycles. The SMILES string of the molecule is CCC(NC(C)c1ccc(C(C)C)cc1)c1ccco1. The van der Waals surface area contributed by atoms with Crippen LogP contribution >= 0.6 is 0 Å². The van der Waals surface area contributed by atoms with Gasteiger partial charge >= 0.3 is 0 Å². The van der Waals surface area contributed by atoms with Gasteiger partial charge in [-0.3, -0.25) is 0 Å². The molecule has 0 radical (unpaired) electrons. The first-order valence-electron chi connectivity index (χ1n) is 7.51. The Kier molecular flexibility index (Phi) is 5.02. The molecule has 20 heavy (non-hydrogen) atoms. The van der Waals surface area contributed by atoms with E-state index in [2.05, 4.69) is 57.3 Å². The Bertz CT molecular complexity index is 499. The molecular weight excluding hydrogens is 246 g/mol. The second kappa shape index (κ2) is 6.76. The summed E-state index contributed by atoms with van der Waals surface area (Å²) in [6, 6.07) is 13.5. The maximum Gasteiger partial charge on any atom is 0.120 e. The third kappa shape index (κ3) is 3.51. The van der Waals surface area contributed by atoms with Crippen LogP contribution in [0.3, 0.4) is 0 Å². The predicted octanol–water partition coefficient (Wildman–Crippen LogP) is 5.20. The van der Waals surface area contributed by atoms with Crippen LogP contribution in [-0.2, 0) is 0 Å². The zero-order chi connectivity index (χ0) is 14.5. The fourth-order valence-corrected chi connectivity index (χ4v) is 2.46. The van der Waals surface area contributed by atoms with Crippen LogP contribution < -0.4 is 5.32 Å². The summed E-state index contributed by atoms with van der Waals surface area (Å²) in [4.78, 5) is 0. The molecule has 2 rings (SSSR count). The lowest BCUT2D eigenvalue weighted by Crippen LogP contribution is -2.23. The van der Waals surface area contributed by atoms with E-state index in [1.807, 2.05) is 12.1 Å². The Morgan fingerprint density at radius 2 is 1.65 bits per heavy atom. The molecule has 0 bridgehead atoms. The Balaban J connectivity index is 2.05. The Morgan fingerprint density at radius 1 is 1.00 bits per heavy atom. The van der Waals surface area contributed by atoms with E-state index in [9.17, 15) is 0 Å². The molecule has 0 saturated heterocycles. The van der Waals surface area contributed by atoms with Gasteiger partial charge in [0.1, 0.15) is 5.76 Å². The molecule has 0 aliphatic heterocycles. The summed E-state index contributed by atoms with van der Waals surface area (Å²) in [6.07, 6.45) is 2.75. The highest BCUT2D eigenvalue weighted by atomic mass is 16.3. The van der Waals surface area contributed by atoms with Crippen LogP contribution in [0, 0.1) is 0 Å². The lowest BCUT2D eigenvalue weighted by Gasteiger charge is -2.21. The van der Waals surface area contributed by atoms with Crippen molar-refractivity contribution in [3.8, 4) is 0 Å². The lowest BCUT2D eigenvalue weighted by atomic mass is 9.99. The maximum atomic E-state index is 5.51. The van der Waals surface area contributed by atoms with Crippen LogP contribution in [0.15, 0.2) is 47.1 Å². The lowest BCUT2D eigenvalue weighted by molar-refractivity contribution is 0.376. The van der Waals surface area contributed by atoms with Crippen LogP contribution in [0.2, 0.25) is 0 Å². The summed E-state index contributed by atoms with van der Waals surface area (Å²) in [5.41, 5.74) is 2.71. The molecule has 1 heterocycles. The molecule has 2 aromatic rings. The molecule has 2 heteroatoms. The maximum absolute atomic E-state index is 5.51. The van der Waals surface area contributed by atoms with Crippen molar-refractivity contribution >= 4 is 0 Å². The minimum atomic E-state index is 0.268. The van der Waals surface area contributed by atoms with Crippen LogP contribution in [0.4, 0.5) is 0 Å². The molecular formula is C18H25NO. The quantitative estimate of drug-likeness (QED) is 0.780. The van der Waals surface area contributed by atoms with E-state index < -0.39 is 0 Å². The van der Waals surface area contributed by atoms with Gasteiger partial charge in [0.2, 0.25) is 0 Å². The first kappa shape index (κ1) is 14.9. The first-order valence-corrected chi connectivity index (χ1v) is 7.51. The molecule has 0 fully saturated rings. The van der Waals surface area contributed by atoms with Gasteiger partial charge in [0.05, 0.1) is 12.3 Å². The molecule has 1 N–H and O–H groups in total. The van der Waals surface area contributed by atoms with E-state index in [0.29, 0.717) is 12.0 Å². The second-order valence-electron chi connectivity index (χ2n) is 5.69. The molecule has 1 aromatic carbocycles. The molecule has 0 saturated carbocycles. The van der Waals surface area contributed by atoms with Gasteiger partial charge in [0, 0.05) is 6.04 Å². The van der Waals surface area contributed by atoms with Gasteiger partial charge in [-0.1, -0.05) is 45.0 Å². The van der Waals surface area contributed by atoms with Crippen molar-refractivity contribution in [3.63, 3.8) is 0 Å². The second-order valence-corrected chi connectivity index (χ2v) is 5.69. The van der Waals surface area contributed by atoms with Gasteiger partial charge in [-0.15, -0.1) is 0 Å². The van der Waals surface area contributed by atoms with Crippen molar-refractivity contribution in [2.75, 3.05) is 0 Å². The van der Waals surface area contributed by atoms with Crippen molar-refractivity contribution in [3.05, 3.63) is 59.5 Å². The zero-order valence-electron chi connectivity index (χ0n) is 12.9. The Hall–Kier alpha value is -1.54. The van der Waals surface area contributed by atoms with Crippen LogP contribution in [0.5, 0.6) is 0 Å². The summed E-state index contributed by atoms with van der Waals surface area (Å²) in [5.74, 6) is 1.59. The highest BCUT2D eigenvalue weighted by molar-refractivity contribution is 5.26. The Labute approximate surface area is 122 Å². The van der Waals surface area contributed by atoms with Crippen molar-refractivity contribution in [2.24, 2.45) is 0 Å². The zero-order valence-corrected chi connectivity index (χ0v) is 12.9. The van der Waals surface area contributed by atoms with E-state index >= 15 is 0 Å². The van der Waals surface area contributed by atoms with E-state index in [0.717, 1.165) is 12.2 Å². The predicted molar refractivity (Wildman–Crippen MR) is 83.8 cm³/mol. The number of furan rings is 1. The smallest absolute Gasteiger partial charge is 0.120 e. The molecule has 1 aromatic heterocycles. The summed E-state index contributed by atoms with van der Waals surface area (Å²) >= 11 is 0. The highest BCUT2D eigenvalue weighted by Gasteiger charge is 2.15. The number of rotatable bonds is 6. The number of benzene rings is 1. The van der Waals surface area contributed by atoms with Crippen molar-refractivity contribution in [1.82, 2.24) is 5.32 Å². The monoisotopic (exact) mass is 271 g/mol. The molecule has 0 amide bonds. The van der Waals surface area contributed by atoms with E-state index in [1.165, 1.54) is 11.1 Å². The van der Waals surface area contributed by atoms with Crippen molar-refractivity contribution in [2.45, 2.75) is 52.1 Å². The topological polar surface area (TPSA) is 25.2 Å². The number of hydrogen-bond donors (Lipinski definition) is 1. The summed E-state index contributed by atoms with van der Waals surface area (Å²) in [6.45, 7) is 8.83. The van der Waals surface area contributed by atoms with Gasteiger partial charge in [0.15, 0.2) is 0 Å². The van der Waals surface area contributed by atoms with Crippen LogP contribution in [0.25, 0.3) is 0 Å². The van der Waals surface area contributed by atoms with Gasteiger partial charge in [-0.2, -0.15) is 0 Å². The average molecular weight is 271 g/mol. The molecule has 2 nitrogen and oxygen atoms in total. The first-order chi connectivity index (χ1) is 9.61. The highest BCUT2D eigenvalue weighted by Crippen LogP contribution is 2.23. The third-order valence-corrected chi connectivity index (χ3v) is 3.85. The fourth-order valence-electron chi connectivity index (χ4n) is 2.46. The fraction of sp³-hybridized carbons (Fsp3) is 0.444. The van der Waals surface area contributed by atoms with Crippen molar-refractivity contribution in [1.29, 1.82) is 0 Å². The molecule has 2 atom stereocenters. The van der Waals surface area contributed by atoms with Crippen LogP contribution in [-0.4, -0.2) is 0 Å². The molecule has 0 aliphatic rings. The minimum Gasteiger partial charge on any atom is -0.468 e. The molecule has 108 valence electrons. The van der Waals surface area contributed by atoms with Gasteiger partial charge in [-0.05, 0) is 42.5 Å². The standard InChI is InChI=1S/C18H25NO/c1-5-17(18-7-6-12-20-18)19-14(4)16-10-8-15(9-11-16)13(2)3/h6-14,17,19H,5H2,1-4H3. The largest absolute Gasteiger partial charge is 0.468 e. The number of nitrogens with one attached hydrogen (secondary N) is 1. The summed E-state index contributed by atoms with van der Waals surface area (Å²) in [5, 5.41) is 3.64. The molecule has 0 spiro atoms. The number of hydrogen-bond acceptors (Lipinski definition) is 2. The van der Waals surface area contributed by atoms with Gasteiger partial charge in [-0.25, -0.2) is 0 Å². The average Bonchev–Trinajstić information content (AvgIpc) is 2.98. The minimum absolute atomic E-state index is 0.268. The van der Waals surface area contributed by atoms with Crippen molar-refractivity contribution < 1.29 is 4.42 Å². The Morgan fingerprint density at radius 3 is 2.15 bits per heavy atom. The van der Waals surface area contributed by atoms with Crippen LogP contribution in [0.1, 0.15) is 69.0 Å². The van der Waals surface area contributed by atoms with E-state index in [1.54, 1.807) is 6.26 Å². The third-order valence-electron chi connectivity index (χ3n) is 3.85. The normalized spacial score (nSPS) is 14.4. The van der Waals surface area contributed by atoms with Gasteiger partial charge < -0.3 is 9.73 Å². The summed E-state index contributed by atoms with van der Waals surface area (Å²) in [7, 11) is 0. The van der Waals surface area contributed by atoms with E-state index in [-0.39, 0.29) is 6.04 Å².